The molecular weight excluding hydrogens is 402 g/mol. The molecule has 0 spiro atoms. The van der Waals surface area contributed by atoms with Crippen LogP contribution in [0.2, 0.25) is 5.02 Å². The van der Waals surface area contributed by atoms with Crippen molar-refractivity contribution in [3.63, 3.8) is 0 Å². The van der Waals surface area contributed by atoms with Crippen molar-refractivity contribution in [2.24, 2.45) is 0 Å². The summed E-state index contributed by atoms with van der Waals surface area (Å²) in [5, 5.41) is 10.7. The lowest BCUT2D eigenvalue weighted by Gasteiger charge is -2.31. The molecule has 0 aliphatic carbocycles. The summed E-state index contributed by atoms with van der Waals surface area (Å²) < 4.78 is 0. The molecule has 27 heavy (non-hydrogen) atoms. The molecule has 2 aromatic heterocycles. The molecule has 8 heteroatoms. The van der Waals surface area contributed by atoms with Gasteiger partial charge >= 0.3 is 6.09 Å². The maximum Gasteiger partial charge on any atom is 0.407 e. The van der Waals surface area contributed by atoms with Crippen molar-refractivity contribution in [2.45, 2.75) is 17.6 Å². The SMILES string of the molecule is CSc1ncc(Cl)c(-c2cc3c(s2)C(c2ccccc2)CN(C(=O)O)C3)n1. The van der Waals surface area contributed by atoms with Crippen LogP contribution in [0.1, 0.15) is 21.9 Å². The van der Waals surface area contributed by atoms with E-state index in [0.717, 1.165) is 16.0 Å². The summed E-state index contributed by atoms with van der Waals surface area (Å²) in [7, 11) is 0. The van der Waals surface area contributed by atoms with Crippen molar-refractivity contribution in [1.29, 1.82) is 0 Å². The molecule has 3 heterocycles. The van der Waals surface area contributed by atoms with Gasteiger partial charge in [0, 0.05) is 17.3 Å². The number of fused-ring (bicyclic) bond motifs is 1. The second kappa shape index (κ2) is 7.50. The number of carbonyl (C=O) groups is 1. The van der Waals surface area contributed by atoms with Crippen LogP contribution in [0.5, 0.6) is 0 Å². The molecule has 0 bridgehead atoms. The molecule has 0 fully saturated rings. The number of benzene rings is 1. The Balaban J connectivity index is 1.82. The molecule has 0 radical (unpaired) electrons. The molecule has 5 nitrogen and oxygen atoms in total. The Labute approximate surface area is 170 Å². The van der Waals surface area contributed by atoms with Crippen LogP contribution in [-0.2, 0) is 6.54 Å². The van der Waals surface area contributed by atoms with Gasteiger partial charge in [0.15, 0.2) is 5.16 Å². The highest BCUT2D eigenvalue weighted by Crippen LogP contribution is 2.43. The number of hydrogen-bond acceptors (Lipinski definition) is 5. The molecule has 1 atom stereocenters. The van der Waals surface area contributed by atoms with Gasteiger partial charge in [-0.05, 0) is 23.4 Å². The van der Waals surface area contributed by atoms with Gasteiger partial charge < -0.3 is 10.0 Å². The van der Waals surface area contributed by atoms with Crippen LogP contribution in [0.4, 0.5) is 4.79 Å². The highest BCUT2D eigenvalue weighted by Gasteiger charge is 2.31. The maximum atomic E-state index is 11.6. The summed E-state index contributed by atoms with van der Waals surface area (Å²) in [6.45, 7) is 0.822. The van der Waals surface area contributed by atoms with Gasteiger partial charge in [-0.15, -0.1) is 11.3 Å². The Bertz CT molecular complexity index is 994. The summed E-state index contributed by atoms with van der Waals surface area (Å²) in [6.07, 6.45) is 2.63. The van der Waals surface area contributed by atoms with Crippen LogP contribution in [0.3, 0.4) is 0 Å². The zero-order valence-corrected chi connectivity index (χ0v) is 16.8. The Kier molecular flexibility index (Phi) is 5.08. The molecule has 3 aromatic rings. The van der Waals surface area contributed by atoms with Crippen molar-refractivity contribution < 1.29 is 9.90 Å². The van der Waals surface area contributed by atoms with Gasteiger partial charge in [-0.2, -0.15) is 0 Å². The number of amides is 1. The van der Waals surface area contributed by atoms with E-state index in [-0.39, 0.29) is 5.92 Å². The third-order valence-electron chi connectivity index (χ3n) is 4.53. The molecule has 0 saturated heterocycles. The molecule has 138 valence electrons. The van der Waals surface area contributed by atoms with E-state index in [1.54, 1.807) is 17.5 Å². The van der Waals surface area contributed by atoms with E-state index in [0.29, 0.717) is 29.0 Å². The third-order valence-corrected chi connectivity index (χ3v) is 6.67. The lowest BCUT2D eigenvalue weighted by atomic mass is 9.91. The van der Waals surface area contributed by atoms with Gasteiger partial charge in [0.25, 0.3) is 0 Å². The van der Waals surface area contributed by atoms with E-state index in [9.17, 15) is 9.90 Å². The summed E-state index contributed by atoms with van der Waals surface area (Å²) >= 11 is 9.45. The van der Waals surface area contributed by atoms with Crippen molar-refractivity contribution in [3.05, 3.63) is 63.6 Å². The molecule has 1 unspecified atom stereocenters. The number of carboxylic acid groups (broad SMARTS) is 1. The standard InChI is InChI=1S/C19H16ClN3O2S2/c1-26-18-21-8-14(20)16(22-18)15-7-12-9-23(19(24)25)10-13(17(12)27-15)11-5-3-2-4-6-11/h2-8,13H,9-10H2,1H3,(H,24,25). The zero-order chi connectivity index (χ0) is 19.0. The zero-order valence-electron chi connectivity index (χ0n) is 14.4. The lowest BCUT2D eigenvalue weighted by Crippen LogP contribution is -2.36. The first kappa shape index (κ1) is 18.3. The van der Waals surface area contributed by atoms with Crippen LogP contribution in [0.15, 0.2) is 47.8 Å². The van der Waals surface area contributed by atoms with Crippen molar-refractivity contribution >= 4 is 40.8 Å². The first-order valence-electron chi connectivity index (χ1n) is 8.29. The van der Waals surface area contributed by atoms with Gasteiger partial charge in [-0.1, -0.05) is 53.7 Å². The summed E-state index contributed by atoms with van der Waals surface area (Å²) in [6, 6.07) is 12.0. The molecule has 1 amide bonds. The van der Waals surface area contributed by atoms with Crippen LogP contribution in [0, 0.1) is 0 Å². The molecular formula is C19H16ClN3O2S2. The van der Waals surface area contributed by atoms with Gasteiger partial charge in [0.2, 0.25) is 0 Å². The van der Waals surface area contributed by atoms with Gasteiger partial charge in [-0.25, -0.2) is 14.8 Å². The Morgan fingerprint density at radius 3 is 2.85 bits per heavy atom. The fraction of sp³-hybridized carbons (Fsp3) is 0.211. The number of rotatable bonds is 3. The molecule has 0 saturated carbocycles. The maximum absolute atomic E-state index is 11.6. The van der Waals surface area contributed by atoms with E-state index < -0.39 is 6.09 Å². The quantitative estimate of drug-likeness (QED) is 0.468. The largest absolute Gasteiger partial charge is 0.465 e. The Hall–Kier alpha value is -2.09. The van der Waals surface area contributed by atoms with Crippen molar-refractivity contribution in [1.82, 2.24) is 14.9 Å². The number of halogens is 1. The predicted octanol–water partition coefficient (Wildman–Crippen LogP) is 5.21. The summed E-state index contributed by atoms with van der Waals surface area (Å²) in [4.78, 5) is 24.0. The van der Waals surface area contributed by atoms with Gasteiger partial charge in [-0.3, -0.25) is 0 Å². The van der Waals surface area contributed by atoms with Crippen molar-refractivity contribution in [3.8, 4) is 10.6 Å². The van der Waals surface area contributed by atoms with Gasteiger partial charge in [0.05, 0.1) is 22.6 Å². The number of nitrogens with zero attached hydrogens (tertiary/aromatic N) is 3. The molecule has 1 aromatic carbocycles. The Morgan fingerprint density at radius 2 is 2.15 bits per heavy atom. The third kappa shape index (κ3) is 3.54. The van der Waals surface area contributed by atoms with E-state index >= 15 is 0 Å². The fourth-order valence-electron chi connectivity index (χ4n) is 3.26. The van der Waals surface area contributed by atoms with E-state index in [2.05, 4.69) is 9.97 Å². The summed E-state index contributed by atoms with van der Waals surface area (Å²) in [5.41, 5.74) is 2.82. The van der Waals surface area contributed by atoms with Crippen molar-refractivity contribution in [2.75, 3.05) is 12.8 Å². The Morgan fingerprint density at radius 1 is 1.37 bits per heavy atom. The van der Waals surface area contributed by atoms with E-state index in [4.69, 9.17) is 11.6 Å². The van der Waals surface area contributed by atoms with Crippen LogP contribution < -0.4 is 0 Å². The van der Waals surface area contributed by atoms with Crippen LogP contribution in [-0.4, -0.2) is 38.9 Å². The second-order valence-electron chi connectivity index (χ2n) is 6.18. The monoisotopic (exact) mass is 417 g/mol. The smallest absolute Gasteiger partial charge is 0.407 e. The second-order valence-corrected chi connectivity index (χ2v) is 8.44. The van der Waals surface area contributed by atoms with Gasteiger partial charge in [0.1, 0.15) is 5.69 Å². The molecule has 4 rings (SSSR count). The number of hydrogen-bond donors (Lipinski definition) is 1. The topological polar surface area (TPSA) is 66.3 Å². The molecule has 1 aliphatic heterocycles. The fourth-order valence-corrected chi connectivity index (χ4v) is 5.15. The number of aromatic nitrogens is 2. The number of thioether (sulfide) groups is 1. The average molecular weight is 418 g/mol. The van der Waals surface area contributed by atoms with E-state index in [1.807, 2.05) is 42.7 Å². The predicted molar refractivity (Wildman–Crippen MR) is 109 cm³/mol. The average Bonchev–Trinajstić information content (AvgIpc) is 3.12. The normalized spacial score (nSPS) is 16.2. The van der Waals surface area contributed by atoms with Crippen LogP contribution >= 0.6 is 34.7 Å². The molecule has 1 aliphatic rings. The number of thiophene rings is 1. The highest BCUT2D eigenvalue weighted by molar-refractivity contribution is 7.98. The highest BCUT2D eigenvalue weighted by atomic mass is 35.5. The minimum Gasteiger partial charge on any atom is -0.465 e. The lowest BCUT2D eigenvalue weighted by molar-refractivity contribution is 0.137. The first-order valence-corrected chi connectivity index (χ1v) is 10.7. The minimum absolute atomic E-state index is 0.00503. The van der Waals surface area contributed by atoms with E-state index in [1.165, 1.54) is 21.5 Å². The first-order chi connectivity index (χ1) is 13.1. The molecule has 1 N–H and O–H groups in total. The minimum atomic E-state index is -0.904. The van der Waals surface area contributed by atoms with Crippen LogP contribution in [0.25, 0.3) is 10.6 Å². The summed E-state index contributed by atoms with van der Waals surface area (Å²) in [5.74, 6) is 0.00503.